The first-order valence-corrected chi connectivity index (χ1v) is 9.01. The summed E-state index contributed by atoms with van der Waals surface area (Å²) in [5.41, 5.74) is 0.502. The maximum absolute atomic E-state index is 12.3. The van der Waals surface area contributed by atoms with E-state index in [9.17, 15) is 9.90 Å². The minimum Gasteiger partial charge on any atom is -0.493 e. The van der Waals surface area contributed by atoms with E-state index in [2.05, 4.69) is 10.6 Å². The molecule has 1 saturated carbocycles. The second-order valence-corrected chi connectivity index (χ2v) is 6.64. The molecule has 0 atom stereocenters. The van der Waals surface area contributed by atoms with Gasteiger partial charge in [0, 0.05) is 6.54 Å². The molecule has 6 heteroatoms. The van der Waals surface area contributed by atoms with E-state index in [1.165, 1.54) is 12.8 Å². The number of ether oxygens (including phenoxy) is 2. The summed E-state index contributed by atoms with van der Waals surface area (Å²) >= 11 is 0. The highest BCUT2D eigenvalue weighted by Gasteiger charge is 2.31. The SMILES string of the molecule is COc1cccc(CCNC(=O)NC2(CO)CCCCCC2)c1OC. The number of benzene rings is 1. The van der Waals surface area contributed by atoms with Crippen molar-refractivity contribution in [2.45, 2.75) is 50.5 Å². The normalized spacial score (nSPS) is 16.6. The summed E-state index contributed by atoms with van der Waals surface area (Å²) in [5.74, 6) is 1.38. The van der Waals surface area contributed by atoms with Gasteiger partial charge in [0.1, 0.15) is 0 Å². The number of nitrogens with one attached hydrogen (secondary N) is 2. The van der Waals surface area contributed by atoms with Crippen molar-refractivity contribution in [2.24, 2.45) is 0 Å². The van der Waals surface area contributed by atoms with E-state index >= 15 is 0 Å². The van der Waals surface area contributed by atoms with E-state index in [1.54, 1.807) is 14.2 Å². The van der Waals surface area contributed by atoms with E-state index in [4.69, 9.17) is 9.47 Å². The Bertz CT molecular complexity index is 554. The molecule has 0 unspecified atom stereocenters. The Balaban J connectivity index is 1.88. The van der Waals surface area contributed by atoms with Gasteiger partial charge in [0.05, 0.1) is 26.4 Å². The van der Waals surface area contributed by atoms with Gasteiger partial charge >= 0.3 is 6.03 Å². The number of hydrogen-bond donors (Lipinski definition) is 3. The predicted molar refractivity (Wildman–Crippen MR) is 97.3 cm³/mol. The molecule has 1 aromatic carbocycles. The fraction of sp³-hybridized carbons (Fsp3) is 0.632. The number of urea groups is 1. The molecule has 3 N–H and O–H groups in total. The highest BCUT2D eigenvalue weighted by molar-refractivity contribution is 5.74. The molecule has 25 heavy (non-hydrogen) atoms. The standard InChI is InChI=1S/C19H30N2O4/c1-24-16-9-7-8-15(17(16)25-2)10-13-20-18(23)21-19(14-22)11-5-3-4-6-12-19/h7-9,22H,3-6,10-14H2,1-2H3,(H2,20,21,23). The number of aliphatic hydroxyl groups is 1. The highest BCUT2D eigenvalue weighted by atomic mass is 16.5. The first-order chi connectivity index (χ1) is 12.1. The molecule has 0 heterocycles. The topological polar surface area (TPSA) is 79.8 Å². The third-order valence-electron chi connectivity index (χ3n) is 4.91. The summed E-state index contributed by atoms with van der Waals surface area (Å²) < 4.78 is 10.7. The van der Waals surface area contributed by atoms with Gasteiger partial charge in [-0.1, -0.05) is 37.8 Å². The molecule has 0 saturated heterocycles. The van der Waals surface area contributed by atoms with Crippen LogP contribution in [0.25, 0.3) is 0 Å². The molecule has 0 bridgehead atoms. The molecule has 6 nitrogen and oxygen atoms in total. The second kappa shape index (κ2) is 9.51. The lowest BCUT2D eigenvalue weighted by molar-refractivity contribution is 0.145. The van der Waals surface area contributed by atoms with Gasteiger partial charge in [0.25, 0.3) is 0 Å². The Morgan fingerprint density at radius 3 is 2.48 bits per heavy atom. The molecule has 0 spiro atoms. The van der Waals surface area contributed by atoms with Crippen LogP contribution in [0.2, 0.25) is 0 Å². The smallest absolute Gasteiger partial charge is 0.315 e. The lowest BCUT2D eigenvalue weighted by Gasteiger charge is -2.32. The lowest BCUT2D eigenvalue weighted by atomic mass is 9.91. The zero-order valence-electron chi connectivity index (χ0n) is 15.3. The number of carbonyl (C=O) groups is 1. The Kier molecular flexibility index (Phi) is 7.37. The molecule has 0 aliphatic heterocycles. The molecular weight excluding hydrogens is 320 g/mol. The quantitative estimate of drug-likeness (QED) is 0.661. The zero-order valence-corrected chi connectivity index (χ0v) is 15.3. The predicted octanol–water partition coefficient (Wildman–Crippen LogP) is 2.63. The molecule has 1 aliphatic rings. The van der Waals surface area contributed by atoms with E-state index in [0.717, 1.165) is 31.2 Å². The summed E-state index contributed by atoms with van der Waals surface area (Å²) in [7, 11) is 3.22. The van der Waals surface area contributed by atoms with E-state index in [1.807, 2.05) is 18.2 Å². The van der Waals surface area contributed by atoms with Crippen molar-refractivity contribution in [1.82, 2.24) is 10.6 Å². The van der Waals surface area contributed by atoms with Gasteiger partial charge in [-0.25, -0.2) is 4.79 Å². The van der Waals surface area contributed by atoms with Crippen molar-refractivity contribution >= 4 is 6.03 Å². The molecule has 2 amide bonds. The van der Waals surface area contributed by atoms with E-state index < -0.39 is 5.54 Å². The van der Waals surface area contributed by atoms with Gasteiger partial charge in [-0.2, -0.15) is 0 Å². The third-order valence-corrected chi connectivity index (χ3v) is 4.91. The molecule has 0 aromatic heterocycles. The number of rotatable bonds is 7. The first-order valence-electron chi connectivity index (χ1n) is 9.01. The van der Waals surface area contributed by atoms with E-state index in [-0.39, 0.29) is 12.6 Å². The van der Waals surface area contributed by atoms with E-state index in [0.29, 0.717) is 24.5 Å². The Hall–Kier alpha value is -1.95. The van der Waals surface area contributed by atoms with Crippen LogP contribution in [-0.2, 0) is 6.42 Å². The monoisotopic (exact) mass is 350 g/mol. The van der Waals surface area contributed by atoms with Crippen molar-refractivity contribution in [3.05, 3.63) is 23.8 Å². The fourth-order valence-electron chi connectivity index (χ4n) is 3.47. The molecule has 0 radical (unpaired) electrons. The average molecular weight is 350 g/mol. The van der Waals surface area contributed by atoms with Gasteiger partial charge in [0.15, 0.2) is 11.5 Å². The van der Waals surface area contributed by atoms with Crippen LogP contribution in [0.1, 0.15) is 44.1 Å². The van der Waals surface area contributed by atoms with Crippen molar-refractivity contribution in [3.8, 4) is 11.5 Å². The summed E-state index contributed by atoms with van der Waals surface area (Å²) in [6.07, 6.45) is 6.73. The average Bonchev–Trinajstić information content (AvgIpc) is 2.87. The lowest BCUT2D eigenvalue weighted by Crippen LogP contribution is -2.54. The first kappa shape index (κ1) is 19.4. The number of methoxy groups -OCH3 is 2. The second-order valence-electron chi connectivity index (χ2n) is 6.64. The number of amides is 2. The molecular formula is C19H30N2O4. The zero-order chi connectivity index (χ0) is 18.1. The molecule has 2 rings (SSSR count). The maximum atomic E-state index is 12.3. The number of aliphatic hydroxyl groups excluding tert-OH is 1. The summed E-state index contributed by atoms with van der Waals surface area (Å²) in [6.45, 7) is 0.473. The van der Waals surface area contributed by atoms with Crippen molar-refractivity contribution < 1.29 is 19.4 Å². The van der Waals surface area contributed by atoms with Crippen LogP contribution in [0.5, 0.6) is 11.5 Å². The maximum Gasteiger partial charge on any atom is 0.315 e. The number of para-hydroxylation sites is 1. The van der Waals surface area contributed by atoms with Crippen LogP contribution in [0.3, 0.4) is 0 Å². The summed E-state index contributed by atoms with van der Waals surface area (Å²) in [5, 5.41) is 15.7. The van der Waals surface area contributed by atoms with Crippen molar-refractivity contribution in [1.29, 1.82) is 0 Å². The van der Waals surface area contributed by atoms with Crippen LogP contribution in [0, 0.1) is 0 Å². The van der Waals surface area contributed by atoms with Gasteiger partial charge in [-0.3, -0.25) is 0 Å². The highest BCUT2D eigenvalue weighted by Crippen LogP contribution is 2.30. The molecule has 1 fully saturated rings. The largest absolute Gasteiger partial charge is 0.493 e. The van der Waals surface area contributed by atoms with Gasteiger partial charge < -0.3 is 25.2 Å². The third kappa shape index (κ3) is 5.26. The molecule has 1 aliphatic carbocycles. The van der Waals surface area contributed by atoms with Crippen LogP contribution in [0.4, 0.5) is 4.79 Å². The van der Waals surface area contributed by atoms with Gasteiger partial charge in [-0.15, -0.1) is 0 Å². The van der Waals surface area contributed by atoms with Gasteiger partial charge in [0.2, 0.25) is 0 Å². The Labute approximate surface area is 149 Å². The van der Waals surface area contributed by atoms with Crippen LogP contribution in [0.15, 0.2) is 18.2 Å². The Morgan fingerprint density at radius 1 is 1.16 bits per heavy atom. The minimum atomic E-state index is -0.478. The van der Waals surface area contributed by atoms with Crippen molar-refractivity contribution in [2.75, 3.05) is 27.4 Å². The van der Waals surface area contributed by atoms with Crippen LogP contribution in [-0.4, -0.2) is 44.0 Å². The molecule has 1 aromatic rings. The minimum absolute atomic E-state index is 0.00979. The summed E-state index contributed by atoms with van der Waals surface area (Å²) in [6, 6.07) is 5.49. The number of carbonyl (C=O) groups excluding carboxylic acids is 1. The fourth-order valence-corrected chi connectivity index (χ4v) is 3.47. The van der Waals surface area contributed by atoms with Crippen molar-refractivity contribution in [3.63, 3.8) is 0 Å². The summed E-state index contributed by atoms with van der Waals surface area (Å²) in [4.78, 5) is 12.3. The van der Waals surface area contributed by atoms with Crippen LogP contribution >= 0.6 is 0 Å². The number of hydrogen-bond acceptors (Lipinski definition) is 4. The molecule has 140 valence electrons. The van der Waals surface area contributed by atoms with Crippen LogP contribution < -0.4 is 20.1 Å². The Morgan fingerprint density at radius 2 is 1.88 bits per heavy atom. The van der Waals surface area contributed by atoms with Gasteiger partial charge in [-0.05, 0) is 30.9 Å².